The predicted molar refractivity (Wildman–Crippen MR) is 113 cm³/mol. The Morgan fingerprint density at radius 3 is 3.00 bits per heavy atom. The van der Waals surface area contributed by atoms with E-state index in [-0.39, 0.29) is 5.75 Å². The summed E-state index contributed by atoms with van der Waals surface area (Å²) in [6.45, 7) is 0. The number of benzene rings is 1. The highest BCUT2D eigenvalue weighted by molar-refractivity contribution is 14.1. The van der Waals surface area contributed by atoms with E-state index < -0.39 is 0 Å². The van der Waals surface area contributed by atoms with Crippen molar-refractivity contribution < 1.29 is 9.84 Å². The Morgan fingerprint density at radius 1 is 1.31 bits per heavy atom. The topological polar surface area (TPSA) is 79.6 Å². The Labute approximate surface area is 168 Å². The lowest BCUT2D eigenvalue weighted by Crippen LogP contribution is -2.01. The number of phenols is 1. The highest BCUT2D eigenvalue weighted by Gasteiger charge is 2.19. The summed E-state index contributed by atoms with van der Waals surface area (Å²) < 4.78 is 5.89. The van der Waals surface area contributed by atoms with Crippen LogP contribution in [0.4, 0.5) is 5.82 Å². The summed E-state index contributed by atoms with van der Waals surface area (Å²) in [6, 6.07) is 3.58. The van der Waals surface area contributed by atoms with Crippen LogP contribution in [0.5, 0.6) is 11.5 Å². The minimum atomic E-state index is 0.139. The zero-order valence-corrected chi connectivity index (χ0v) is 17.1. The largest absolute Gasteiger partial charge is 0.504 e. The molecule has 0 spiro atoms. The first-order valence-electron chi connectivity index (χ1n) is 8.28. The van der Waals surface area contributed by atoms with E-state index in [2.05, 4.69) is 43.1 Å². The second-order valence-corrected chi connectivity index (χ2v) is 8.28. The van der Waals surface area contributed by atoms with Gasteiger partial charge in [0.25, 0.3) is 0 Å². The van der Waals surface area contributed by atoms with Gasteiger partial charge in [0.2, 0.25) is 0 Å². The lowest BCUT2D eigenvalue weighted by Gasteiger charge is -2.11. The van der Waals surface area contributed by atoms with Gasteiger partial charge < -0.3 is 9.84 Å². The fraction of sp³-hybridized carbons (Fsp3) is 0.278. The molecule has 0 radical (unpaired) electrons. The first-order valence-corrected chi connectivity index (χ1v) is 10.2. The van der Waals surface area contributed by atoms with Crippen molar-refractivity contribution in [2.45, 2.75) is 25.7 Å². The van der Waals surface area contributed by atoms with Crippen LogP contribution in [0.15, 0.2) is 23.6 Å². The maximum Gasteiger partial charge on any atom is 0.171 e. The number of thiophene rings is 1. The summed E-state index contributed by atoms with van der Waals surface area (Å²) in [6.07, 6.45) is 7.93. The molecule has 0 unspecified atom stereocenters. The molecule has 26 heavy (non-hydrogen) atoms. The van der Waals surface area contributed by atoms with E-state index in [1.807, 2.05) is 6.07 Å². The molecule has 6 nitrogen and oxygen atoms in total. The number of ether oxygens (including phenoxy) is 1. The van der Waals surface area contributed by atoms with Gasteiger partial charge in [-0.15, -0.1) is 11.3 Å². The van der Waals surface area contributed by atoms with Gasteiger partial charge in [-0.1, -0.05) is 0 Å². The molecule has 2 heterocycles. The smallest absolute Gasteiger partial charge is 0.171 e. The van der Waals surface area contributed by atoms with Crippen LogP contribution in [-0.2, 0) is 12.8 Å². The highest BCUT2D eigenvalue weighted by atomic mass is 127. The van der Waals surface area contributed by atoms with E-state index in [1.165, 1.54) is 30.4 Å². The number of rotatable bonds is 4. The van der Waals surface area contributed by atoms with Gasteiger partial charge in [0.05, 0.1) is 22.3 Å². The third-order valence-electron chi connectivity index (χ3n) is 4.41. The van der Waals surface area contributed by atoms with E-state index in [9.17, 15) is 5.11 Å². The van der Waals surface area contributed by atoms with Crippen LogP contribution in [-0.4, -0.2) is 28.4 Å². The van der Waals surface area contributed by atoms with Crippen molar-refractivity contribution in [1.82, 2.24) is 9.97 Å². The van der Waals surface area contributed by atoms with Crippen molar-refractivity contribution >= 4 is 56.2 Å². The number of phenolic OH excluding ortho intramolecular Hbond substituents is 1. The summed E-state index contributed by atoms with van der Waals surface area (Å²) in [7, 11) is 1.53. The normalized spacial score (nSPS) is 13.9. The Bertz CT molecular complexity index is 1000. The zero-order chi connectivity index (χ0) is 18.1. The number of anilines is 1. The number of methoxy groups -OCH3 is 1. The third kappa shape index (κ3) is 3.23. The van der Waals surface area contributed by atoms with E-state index in [0.717, 1.165) is 34.4 Å². The molecular formula is C18H17IN4O2S. The maximum atomic E-state index is 9.92. The monoisotopic (exact) mass is 480 g/mol. The van der Waals surface area contributed by atoms with Crippen LogP contribution in [0.25, 0.3) is 10.2 Å². The van der Waals surface area contributed by atoms with E-state index in [1.54, 1.807) is 29.9 Å². The second kappa shape index (κ2) is 7.36. The Kier molecular flexibility index (Phi) is 4.94. The van der Waals surface area contributed by atoms with Crippen LogP contribution in [0.3, 0.4) is 0 Å². The number of hydrazone groups is 1. The van der Waals surface area contributed by atoms with Crippen LogP contribution in [0.1, 0.15) is 28.8 Å². The van der Waals surface area contributed by atoms with Crippen molar-refractivity contribution in [3.05, 3.63) is 38.0 Å². The number of nitrogens with zero attached hydrogens (tertiary/aromatic N) is 3. The zero-order valence-electron chi connectivity index (χ0n) is 14.1. The van der Waals surface area contributed by atoms with E-state index >= 15 is 0 Å². The molecule has 1 aliphatic carbocycles. The van der Waals surface area contributed by atoms with Crippen LogP contribution in [0.2, 0.25) is 0 Å². The van der Waals surface area contributed by atoms with Crippen molar-refractivity contribution in [3.8, 4) is 11.5 Å². The van der Waals surface area contributed by atoms with Crippen molar-refractivity contribution in [1.29, 1.82) is 0 Å². The number of aromatic nitrogens is 2. The fourth-order valence-electron chi connectivity index (χ4n) is 3.17. The van der Waals surface area contributed by atoms with Crippen LogP contribution in [0, 0.1) is 3.57 Å². The summed E-state index contributed by atoms with van der Waals surface area (Å²) in [5, 5.41) is 15.4. The Morgan fingerprint density at radius 2 is 2.15 bits per heavy atom. The number of fused-ring (bicyclic) bond motifs is 3. The van der Waals surface area contributed by atoms with E-state index in [4.69, 9.17) is 4.74 Å². The molecule has 134 valence electrons. The van der Waals surface area contributed by atoms with Gasteiger partial charge in [-0.2, -0.15) is 5.10 Å². The molecule has 4 rings (SSSR count). The van der Waals surface area contributed by atoms with Gasteiger partial charge in [0.1, 0.15) is 11.2 Å². The minimum Gasteiger partial charge on any atom is -0.504 e. The van der Waals surface area contributed by atoms with Gasteiger partial charge in [0, 0.05) is 4.88 Å². The molecular weight excluding hydrogens is 463 g/mol. The molecule has 0 fully saturated rings. The van der Waals surface area contributed by atoms with Crippen molar-refractivity contribution in [2.24, 2.45) is 5.10 Å². The number of nitrogens with one attached hydrogen (secondary N) is 1. The maximum absolute atomic E-state index is 9.92. The number of aryl methyl sites for hydroxylation is 2. The van der Waals surface area contributed by atoms with Gasteiger partial charge in [-0.3, -0.25) is 5.43 Å². The number of hydrogen-bond acceptors (Lipinski definition) is 7. The highest BCUT2D eigenvalue weighted by Crippen LogP contribution is 2.38. The number of hydrogen-bond donors (Lipinski definition) is 2. The lowest BCUT2D eigenvalue weighted by atomic mass is 9.97. The molecule has 3 aromatic rings. The first kappa shape index (κ1) is 17.5. The molecule has 0 amide bonds. The summed E-state index contributed by atoms with van der Waals surface area (Å²) in [4.78, 5) is 11.3. The third-order valence-corrected chi connectivity index (χ3v) is 6.43. The summed E-state index contributed by atoms with van der Waals surface area (Å²) in [5.74, 6) is 1.31. The van der Waals surface area contributed by atoms with Crippen molar-refractivity contribution in [3.63, 3.8) is 0 Å². The van der Waals surface area contributed by atoms with Crippen LogP contribution >= 0.6 is 33.9 Å². The van der Waals surface area contributed by atoms with Gasteiger partial charge in [-0.05, 0) is 71.5 Å². The number of halogens is 1. The molecule has 0 aliphatic heterocycles. The summed E-state index contributed by atoms with van der Waals surface area (Å²) >= 11 is 3.83. The standard InChI is InChI=1S/C18H17IN4O2S/c1-25-13-7-10(6-12(19)16(13)24)8-22-23-17-15-11-4-2-3-5-14(11)26-18(15)21-9-20-17/h6-9,24H,2-5H2,1H3,(H,20,21,23)/b22-8+. The van der Waals surface area contributed by atoms with Gasteiger partial charge in [-0.25, -0.2) is 9.97 Å². The SMILES string of the molecule is COc1cc(/C=N/Nc2ncnc3sc4c(c23)CCCC4)cc(I)c1O. The molecule has 0 atom stereocenters. The molecule has 2 N–H and O–H groups in total. The molecule has 0 bridgehead atoms. The molecule has 0 saturated heterocycles. The molecule has 1 aliphatic rings. The fourth-order valence-corrected chi connectivity index (χ4v) is 5.02. The van der Waals surface area contributed by atoms with Crippen LogP contribution < -0.4 is 10.2 Å². The minimum absolute atomic E-state index is 0.139. The quantitative estimate of drug-likeness (QED) is 0.330. The first-order chi connectivity index (χ1) is 12.7. The van der Waals surface area contributed by atoms with Gasteiger partial charge >= 0.3 is 0 Å². The van der Waals surface area contributed by atoms with Gasteiger partial charge in [0.15, 0.2) is 17.3 Å². The average molecular weight is 480 g/mol. The molecule has 1 aromatic carbocycles. The predicted octanol–water partition coefficient (Wildman–Crippen LogP) is 4.33. The Hall–Kier alpha value is -1.94. The molecule has 2 aromatic heterocycles. The average Bonchev–Trinajstić information content (AvgIpc) is 3.04. The summed E-state index contributed by atoms with van der Waals surface area (Å²) in [5.41, 5.74) is 5.26. The van der Waals surface area contributed by atoms with E-state index in [0.29, 0.717) is 9.32 Å². The van der Waals surface area contributed by atoms with Crippen molar-refractivity contribution in [2.75, 3.05) is 12.5 Å². The molecule has 8 heteroatoms. The Balaban J connectivity index is 1.63. The molecule has 0 saturated carbocycles. The number of aromatic hydroxyl groups is 1. The second-order valence-electron chi connectivity index (χ2n) is 6.04. The lowest BCUT2D eigenvalue weighted by molar-refractivity contribution is 0.371.